The van der Waals surface area contributed by atoms with Crippen LogP contribution in [0.15, 0.2) is 21.7 Å². The summed E-state index contributed by atoms with van der Waals surface area (Å²) in [6.07, 6.45) is 2.14. The molecule has 2 rings (SSSR count). The van der Waals surface area contributed by atoms with Gasteiger partial charge in [0.15, 0.2) is 0 Å². The van der Waals surface area contributed by atoms with E-state index >= 15 is 0 Å². The van der Waals surface area contributed by atoms with E-state index in [4.69, 9.17) is 33.7 Å². The lowest BCUT2D eigenvalue weighted by atomic mass is 9.97. The molecule has 0 heterocycles. The average Bonchev–Trinajstić information content (AvgIpc) is 2.88. The summed E-state index contributed by atoms with van der Waals surface area (Å²) in [6, 6.07) is 4.11. The highest BCUT2D eigenvalue weighted by atomic mass is 35.5. The van der Waals surface area contributed by atoms with Gasteiger partial charge in [0.2, 0.25) is 0 Å². The van der Waals surface area contributed by atoms with Crippen LogP contribution in [-0.4, -0.2) is 0 Å². The maximum Gasteiger partial charge on any atom is 0.101 e. The molecule has 2 nitrogen and oxygen atoms in total. The van der Waals surface area contributed by atoms with E-state index in [1.165, 1.54) is 6.08 Å². The molecule has 0 spiro atoms. The molecule has 0 radical (unpaired) electrons. The summed E-state index contributed by atoms with van der Waals surface area (Å²) in [6.45, 7) is 0. The molecule has 0 aromatic carbocycles. The van der Waals surface area contributed by atoms with E-state index in [0.29, 0.717) is 22.1 Å². The third-order valence-corrected chi connectivity index (χ3v) is 3.45. The minimum atomic E-state index is -0.612. The lowest BCUT2D eigenvalue weighted by molar-refractivity contribution is 0.770. The van der Waals surface area contributed by atoms with Crippen LogP contribution in [0.25, 0.3) is 0 Å². The predicted molar refractivity (Wildman–Crippen MR) is 48.6 cm³/mol. The normalized spacial score (nSPS) is 35.7. The van der Waals surface area contributed by atoms with E-state index in [1.807, 2.05) is 6.07 Å². The van der Waals surface area contributed by atoms with Crippen molar-refractivity contribution in [2.24, 2.45) is 11.3 Å². The van der Waals surface area contributed by atoms with E-state index in [2.05, 4.69) is 6.07 Å². The third kappa shape index (κ3) is 0.936. The van der Waals surface area contributed by atoms with Crippen molar-refractivity contribution in [3.05, 3.63) is 21.7 Å². The molecule has 64 valence electrons. The van der Waals surface area contributed by atoms with Gasteiger partial charge in [-0.2, -0.15) is 10.5 Å². The highest BCUT2D eigenvalue weighted by Crippen LogP contribution is 2.65. The van der Waals surface area contributed by atoms with E-state index < -0.39 is 5.41 Å². The van der Waals surface area contributed by atoms with E-state index in [1.54, 1.807) is 0 Å². The first-order valence-electron chi connectivity index (χ1n) is 3.74. The Kier molecular flexibility index (Phi) is 1.67. The lowest BCUT2D eigenvalue weighted by Crippen LogP contribution is -2.06. The van der Waals surface area contributed by atoms with Gasteiger partial charge >= 0.3 is 0 Å². The van der Waals surface area contributed by atoms with Crippen LogP contribution in [0.5, 0.6) is 0 Å². The summed E-state index contributed by atoms with van der Waals surface area (Å²) in [7, 11) is 0. The summed E-state index contributed by atoms with van der Waals surface area (Å²) < 4.78 is 0. The van der Waals surface area contributed by atoms with E-state index in [9.17, 15) is 0 Å². The number of hydrogen-bond acceptors (Lipinski definition) is 2. The Morgan fingerprint density at radius 3 is 2.69 bits per heavy atom. The largest absolute Gasteiger partial charge is 0.197 e. The summed E-state index contributed by atoms with van der Waals surface area (Å²) >= 11 is 11.8. The van der Waals surface area contributed by atoms with Gasteiger partial charge in [0, 0.05) is 16.0 Å². The van der Waals surface area contributed by atoms with Crippen molar-refractivity contribution in [2.75, 3.05) is 0 Å². The molecule has 0 amide bonds. The zero-order chi connectivity index (χ0) is 9.64. The molecule has 0 aromatic rings. The van der Waals surface area contributed by atoms with Crippen LogP contribution in [0.1, 0.15) is 6.42 Å². The maximum atomic E-state index is 8.90. The van der Waals surface area contributed by atoms with Crippen LogP contribution < -0.4 is 0 Å². The average molecular weight is 211 g/mol. The SMILES string of the molecule is N#CC1=C(Cl)C2CC2(C#N)C(Cl)=C1. The minimum Gasteiger partial charge on any atom is -0.197 e. The van der Waals surface area contributed by atoms with Crippen molar-refractivity contribution < 1.29 is 0 Å². The molecule has 13 heavy (non-hydrogen) atoms. The summed E-state index contributed by atoms with van der Waals surface area (Å²) in [5, 5.41) is 18.5. The predicted octanol–water partition coefficient (Wildman–Crippen LogP) is 2.67. The molecule has 0 bridgehead atoms. The zero-order valence-corrected chi connectivity index (χ0v) is 8.02. The molecule has 2 unspecified atom stereocenters. The number of nitriles is 2. The first kappa shape index (κ1) is 8.63. The van der Waals surface area contributed by atoms with Gasteiger partial charge in [-0.15, -0.1) is 0 Å². The first-order chi connectivity index (χ1) is 6.15. The highest BCUT2D eigenvalue weighted by molar-refractivity contribution is 6.34. The Morgan fingerprint density at radius 2 is 2.15 bits per heavy atom. The number of halogens is 2. The molecular formula is C9H4Cl2N2. The molecule has 1 saturated carbocycles. The van der Waals surface area contributed by atoms with Gasteiger partial charge in [0.05, 0.1) is 11.6 Å². The fourth-order valence-electron chi connectivity index (χ4n) is 1.61. The molecule has 0 aromatic heterocycles. The zero-order valence-electron chi connectivity index (χ0n) is 6.51. The molecule has 2 aliphatic rings. The highest BCUT2D eigenvalue weighted by Gasteiger charge is 2.61. The molecule has 0 aliphatic heterocycles. The molecule has 0 saturated heterocycles. The quantitative estimate of drug-likeness (QED) is 0.618. The fourth-order valence-corrected chi connectivity index (χ4v) is 2.33. The van der Waals surface area contributed by atoms with Crippen LogP contribution in [0.2, 0.25) is 0 Å². The van der Waals surface area contributed by atoms with Crippen molar-refractivity contribution in [3.8, 4) is 12.1 Å². The third-order valence-electron chi connectivity index (χ3n) is 2.54. The van der Waals surface area contributed by atoms with Crippen LogP contribution in [0, 0.1) is 34.0 Å². The molecule has 2 aliphatic carbocycles. The number of nitrogens with zero attached hydrogens (tertiary/aromatic N) is 2. The monoisotopic (exact) mass is 210 g/mol. The number of rotatable bonds is 0. The minimum absolute atomic E-state index is 0.0497. The van der Waals surface area contributed by atoms with Gasteiger partial charge in [0.1, 0.15) is 11.5 Å². The summed E-state index contributed by atoms with van der Waals surface area (Å²) in [5.74, 6) is -0.0497. The molecule has 0 N–H and O–H groups in total. The standard InChI is InChI=1S/C9H4Cl2N2/c10-7-1-5(3-12)8(11)6-2-9(6,7)4-13/h1,6H,2H2. The summed E-state index contributed by atoms with van der Waals surface area (Å²) in [5.41, 5.74) is -0.223. The Hall–Kier alpha value is -0.960. The van der Waals surface area contributed by atoms with Gasteiger partial charge in [-0.25, -0.2) is 0 Å². The van der Waals surface area contributed by atoms with Gasteiger partial charge in [-0.3, -0.25) is 0 Å². The fraction of sp³-hybridized carbons (Fsp3) is 0.333. The van der Waals surface area contributed by atoms with E-state index in [0.717, 1.165) is 0 Å². The molecule has 4 heteroatoms. The maximum absolute atomic E-state index is 8.90. The second-order valence-electron chi connectivity index (χ2n) is 3.21. The molecular weight excluding hydrogens is 207 g/mol. The topological polar surface area (TPSA) is 47.6 Å². The Balaban J connectivity index is 2.52. The van der Waals surface area contributed by atoms with Gasteiger partial charge in [-0.1, -0.05) is 23.2 Å². The second kappa shape index (κ2) is 2.51. The first-order valence-corrected chi connectivity index (χ1v) is 4.50. The lowest BCUT2D eigenvalue weighted by Gasteiger charge is -2.12. The number of allylic oxidation sites excluding steroid dienone is 4. The van der Waals surface area contributed by atoms with Gasteiger partial charge in [-0.05, 0) is 12.5 Å². The van der Waals surface area contributed by atoms with Crippen LogP contribution >= 0.6 is 23.2 Å². The van der Waals surface area contributed by atoms with Crippen LogP contribution in [-0.2, 0) is 0 Å². The molecule has 1 fully saturated rings. The van der Waals surface area contributed by atoms with E-state index in [-0.39, 0.29) is 5.92 Å². The van der Waals surface area contributed by atoms with Crippen molar-refractivity contribution >= 4 is 23.2 Å². The Morgan fingerprint density at radius 1 is 1.46 bits per heavy atom. The van der Waals surface area contributed by atoms with Crippen molar-refractivity contribution in [1.29, 1.82) is 10.5 Å². The smallest absolute Gasteiger partial charge is 0.101 e. The Labute approximate surface area is 85.7 Å². The second-order valence-corrected chi connectivity index (χ2v) is 4.02. The van der Waals surface area contributed by atoms with Crippen molar-refractivity contribution in [2.45, 2.75) is 6.42 Å². The van der Waals surface area contributed by atoms with Gasteiger partial charge < -0.3 is 0 Å². The van der Waals surface area contributed by atoms with Crippen molar-refractivity contribution in [1.82, 2.24) is 0 Å². The number of fused-ring (bicyclic) bond motifs is 1. The van der Waals surface area contributed by atoms with Crippen molar-refractivity contribution in [3.63, 3.8) is 0 Å². The number of hydrogen-bond donors (Lipinski definition) is 0. The van der Waals surface area contributed by atoms with Crippen LogP contribution in [0.4, 0.5) is 0 Å². The van der Waals surface area contributed by atoms with Gasteiger partial charge in [0.25, 0.3) is 0 Å². The molecule has 2 atom stereocenters. The van der Waals surface area contributed by atoms with Crippen LogP contribution in [0.3, 0.4) is 0 Å². The summed E-state index contributed by atoms with van der Waals surface area (Å²) in [4.78, 5) is 0. The Bertz CT molecular complexity index is 422.